The van der Waals surface area contributed by atoms with E-state index in [1.165, 1.54) is 24.5 Å². The summed E-state index contributed by atoms with van der Waals surface area (Å²) in [4.78, 5) is 34.4. The molecule has 1 aliphatic rings. The van der Waals surface area contributed by atoms with Crippen molar-refractivity contribution in [2.24, 2.45) is 4.99 Å². The number of fused-ring (bicyclic) bond motifs is 1. The first kappa shape index (κ1) is 33.5. The second-order valence-corrected chi connectivity index (χ2v) is 13.4. The number of hydrogen-bond acceptors (Lipinski definition) is 8. The van der Waals surface area contributed by atoms with E-state index in [0.29, 0.717) is 47.7 Å². The fraction of sp³-hybridized carbons (Fsp3) is 0.162. The molecule has 0 unspecified atom stereocenters. The van der Waals surface area contributed by atoms with Gasteiger partial charge in [-0.15, -0.1) is 11.8 Å². The molecule has 0 aliphatic carbocycles. The molecule has 0 bridgehead atoms. The number of nitrogens with zero attached hydrogens (tertiary/aromatic N) is 2. The van der Waals surface area contributed by atoms with E-state index in [9.17, 15) is 14.0 Å². The molecule has 1 atom stereocenters. The van der Waals surface area contributed by atoms with Crippen molar-refractivity contribution in [2.45, 2.75) is 24.5 Å². The zero-order chi connectivity index (χ0) is 33.8. The van der Waals surface area contributed by atoms with Gasteiger partial charge < -0.3 is 14.2 Å². The maximum absolute atomic E-state index is 14.3. The minimum absolute atomic E-state index is 0.00402. The molecule has 5 aromatic rings. The zero-order valence-corrected chi connectivity index (χ0v) is 29.5. The molecule has 2 heterocycles. The third-order valence-corrected chi connectivity index (χ3v) is 10.0. The van der Waals surface area contributed by atoms with E-state index in [-0.39, 0.29) is 24.6 Å². The monoisotopic (exact) mass is 744 g/mol. The summed E-state index contributed by atoms with van der Waals surface area (Å²) in [7, 11) is 1.51. The second-order valence-electron chi connectivity index (χ2n) is 10.6. The largest absolute Gasteiger partial charge is 0.493 e. The van der Waals surface area contributed by atoms with Crippen molar-refractivity contribution in [1.29, 1.82) is 0 Å². The van der Waals surface area contributed by atoms with Crippen molar-refractivity contribution in [3.63, 3.8) is 0 Å². The quantitative estimate of drug-likeness (QED) is 0.112. The highest BCUT2D eigenvalue weighted by molar-refractivity contribution is 9.10. The highest BCUT2D eigenvalue weighted by Crippen LogP contribution is 2.38. The fourth-order valence-corrected chi connectivity index (χ4v) is 7.41. The molecule has 1 aliphatic heterocycles. The van der Waals surface area contributed by atoms with Crippen LogP contribution in [0.5, 0.6) is 11.5 Å². The summed E-state index contributed by atoms with van der Waals surface area (Å²) in [5.74, 6) is -0.0883. The number of aromatic nitrogens is 1. The minimum Gasteiger partial charge on any atom is -0.493 e. The molecule has 6 rings (SSSR count). The van der Waals surface area contributed by atoms with E-state index in [1.807, 2.05) is 60.9 Å². The summed E-state index contributed by atoms with van der Waals surface area (Å²) < 4.78 is 33.9. The van der Waals surface area contributed by atoms with Crippen molar-refractivity contribution >= 4 is 56.8 Å². The summed E-state index contributed by atoms with van der Waals surface area (Å²) >= 11 is 6.40. The first-order valence-electron chi connectivity index (χ1n) is 15.0. The van der Waals surface area contributed by atoms with Crippen LogP contribution in [-0.2, 0) is 16.1 Å². The third-order valence-electron chi connectivity index (χ3n) is 7.68. The van der Waals surface area contributed by atoms with Gasteiger partial charge in [0.25, 0.3) is 5.56 Å². The Kier molecular flexibility index (Phi) is 10.3. The van der Waals surface area contributed by atoms with Crippen LogP contribution in [-0.4, -0.2) is 30.5 Å². The maximum Gasteiger partial charge on any atom is 0.338 e. The van der Waals surface area contributed by atoms with Gasteiger partial charge in [0.2, 0.25) is 0 Å². The Morgan fingerprint density at radius 2 is 1.79 bits per heavy atom. The Balaban J connectivity index is 1.50. The predicted molar refractivity (Wildman–Crippen MR) is 191 cm³/mol. The van der Waals surface area contributed by atoms with Crippen LogP contribution >= 0.6 is 39.0 Å². The normalized spacial score (nSPS) is 14.4. The van der Waals surface area contributed by atoms with Crippen molar-refractivity contribution in [3.8, 4) is 11.5 Å². The van der Waals surface area contributed by atoms with Crippen molar-refractivity contribution < 1.29 is 23.4 Å². The van der Waals surface area contributed by atoms with E-state index in [1.54, 1.807) is 59.7 Å². The molecule has 0 radical (unpaired) electrons. The molecule has 0 saturated heterocycles. The fourth-order valence-electron chi connectivity index (χ4n) is 5.42. The lowest BCUT2D eigenvalue weighted by molar-refractivity contribution is -0.138. The molecule has 244 valence electrons. The molecule has 4 aromatic carbocycles. The van der Waals surface area contributed by atoms with Crippen molar-refractivity contribution in [2.75, 3.05) is 20.0 Å². The number of rotatable bonds is 10. The highest BCUT2D eigenvalue weighted by atomic mass is 79.9. The molecular formula is C37H30BrFN2O5S2. The summed E-state index contributed by atoms with van der Waals surface area (Å²) in [5.41, 5.74) is 3.02. The van der Waals surface area contributed by atoms with E-state index < -0.39 is 12.0 Å². The van der Waals surface area contributed by atoms with Crippen LogP contribution in [0.1, 0.15) is 35.2 Å². The van der Waals surface area contributed by atoms with Crippen LogP contribution in [0.15, 0.2) is 116 Å². The van der Waals surface area contributed by atoms with Crippen LogP contribution in [0.4, 0.5) is 4.39 Å². The second kappa shape index (κ2) is 14.8. The smallest absolute Gasteiger partial charge is 0.338 e. The number of esters is 1. The number of ether oxygens (including phenoxy) is 3. The first-order valence-corrected chi connectivity index (χ1v) is 17.8. The van der Waals surface area contributed by atoms with E-state index in [4.69, 9.17) is 19.2 Å². The van der Waals surface area contributed by atoms with Gasteiger partial charge in [-0.1, -0.05) is 72.0 Å². The number of thioether (sulfide) groups is 1. The Morgan fingerprint density at radius 1 is 1.06 bits per heavy atom. The van der Waals surface area contributed by atoms with Crippen LogP contribution in [0.25, 0.3) is 11.8 Å². The predicted octanol–water partition coefficient (Wildman–Crippen LogP) is 7.15. The average Bonchev–Trinajstić information content (AvgIpc) is 3.41. The van der Waals surface area contributed by atoms with Crippen molar-refractivity contribution in [3.05, 3.63) is 149 Å². The van der Waals surface area contributed by atoms with E-state index in [0.717, 1.165) is 16.0 Å². The Morgan fingerprint density at radius 3 is 2.48 bits per heavy atom. The maximum atomic E-state index is 14.3. The molecule has 48 heavy (non-hydrogen) atoms. The molecule has 0 fully saturated rings. The molecule has 7 nitrogen and oxygen atoms in total. The summed E-state index contributed by atoms with van der Waals surface area (Å²) in [6.45, 7) is 1.93. The molecule has 1 aromatic heterocycles. The van der Waals surface area contributed by atoms with Gasteiger partial charge in [0.15, 0.2) is 16.3 Å². The number of carbonyl (C=O) groups excluding carboxylic acids is 1. The molecule has 11 heteroatoms. The zero-order valence-electron chi connectivity index (χ0n) is 26.2. The minimum atomic E-state index is -0.774. The molecular weight excluding hydrogens is 715 g/mol. The number of halogens is 2. The summed E-state index contributed by atoms with van der Waals surface area (Å²) in [6.07, 6.45) is 3.74. The molecule has 0 spiro atoms. The summed E-state index contributed by atoms with van der Waals surface area (Å²) in [5, 5.41) is 0. The van der Waals surface area contributed by atoms with Gasteiger partial charge in [0.1, 0.15) is 12.4 Å². The molecule has 0 amide bonds. The first-order chi connectivity index (χ1) is 23.3. The molecule has 0 saturated carbocycles. The van der Waals surface area contributed by atoms with Gasteiger partial charge in [-0.3, -0.25) is 9.36 Å². The lowest BCUT2D eigenvalue weighted by Crippen LogP contribution is -2.40. The number of carbonyl (C=O) groups is 1. The topological polar surface area (TPSA) is 79.1 Å². The Hall–Kier alpha value is -4.45. The SMILES string of the molecule is CCOC(=O)C1=C(c2ccccc2)N=c2s/c(=C\c3cc(Br)c(OCc4ccccc4F)c(OC)c3)c(=O)n2[C@H]1c1ccc(SC)cc1. The third kappa shape index (κ3) is 6.76. The van der Waals surface area contributed by atoms with Gasteiger partial charge >= 0.3 is 5.97 Å². The standard InChI is InChI=1S/C37H30BrFN2O5S2/c1-4-45-36(43)31-32(23-10-6-5-7-11-23)40-37-41(33(31)24-14-16-26(47-3)17-15-24)35(42)30(48-37)20-22-18-27(38)34(29(19-22)44-2)46-21-25-12-8-9-13-28(25)39/h5-20,33H,4,21H2,1-3H3/b30-20-/t33-/m0/s1. The molecule has 0 N–H and O–H groups in total. The van der Waals surface area contributed by atoms with Crippen LogP contribution < -0.4 is 24.4 Å². The summed E-state index contributed by atoms with van der Waals surface area (Å²) in [6, 6.07) is 26.4. The number of benzene rings is 4. The highest BCUT2D eigenvalue weighted by Gasteiger charge is 2.35. The van der Waals surface area contributed by atoms with E-state index >= 15 is 0 Å². The van der Waals surface area contributed by atoms with E-state index in [2.05, 4.69) is 15.9 Å². The van der Waals surface area contributed by atoms with Gasteiger partial charge in [-0.25, -0.2) is 14.2 Å². The Labute approximate surface area is 293 Å². The lowest BCUT2D eigenvalue weighted by Gasteiger charge is -2.26. The van der Waals surface area contributed by atoms with Gasteiger partial charge in [-0.05, 0) is 76.6 Å². The van der Waals surface area contributed by atoms with Crippen LogP contribution in [0, 0.1) is 5.82 Å². The number of thiazole rings is 1. The van der Waals surface area contributed by atoms with Crippen LogP contribution in [0.3, 0.4) is 0 Å². The van der Waals surface area contributed by atoms with Gasteiger partial charge in [0, 0.05) is 16.0 Å². The Bertz CT molecular complexity index is 2200. The van der Waals surface area contributed by atoms with Gasteiger partial charge in [-0.2, -0.15) is 0 Å². The number of hydrogen-bond donors (Lipinski definition) is 0. The van der Waals surface area contributed by atoms with Crippen molar-refractivity contribution in [1.82, 2.24) is 4.57 Å². The van der Waals surface area contributed by atoms with Crippen LogP contribution in [0.2, 0.25) is 0 Å². The average molecular weight is 746 g/mol. The lowest BCUT2D eigenvalue weighted by atomic mass is 9.93. The van der Waals surface area contributed by atoms with Gasteiger partial charge in [0.05, 0.1) is 40.0 Å². The number of methoxy groups -OCH3 is 1.